The quantitative estimate of drug-likeness (QED) is 0.912. The average molecular weight is 270 g/mol. The summed E-state index contributed by atoms with van der Waals surface area (Å²) < 4.78 is 0. The van der Waals surface area contributed by atoms with Crippen molar-refractivity contribution in [2.24, 2.45) is 0 Å². The third-order valence-electron chi connectivity index (χ3n) is 3.10. The van der Waals surface area contributed by atoms with Crippen LogP contribution in [-0.4, -0.2) is 16.1 Å². The van der Waals surface area contributed by atoms with Gasteiger partial charge in [0, 0.05) is 11.1 Å². The van der Waals surface area contributed by atoms with Crippen LogP contribution in [0.15, 0.2) is 47.5 Å². The van der Waals surface area contributed by atoms with Crippen LogP contribution in [0.3, 0.4) is 0 Å². The first-order valence-corrected chi connectivity index (χ1v) is 7.08. The van der Waals surface area contributed by atoms with Crippen molar-refractivity contribution in [1.29, 1.82) is 0 Å². The highest BCUT2D eigenvalue weighted by atomic mass is 32.2. The molecule has 1 atom stereocenters. The number of carbonyl (C=O) groups is 1. The Kier molecular flexibility index (Phi) is 3.25. The molecule has 1 aliphatic heterocycles. The first kappa shape index (κ1) is 12.2. The Morgan fingerprint density at radius 3 is 2.89 bits per heavy atom. The summed E-state index contributed by atoms with van der Waals surface area (Å²) in [5.41, 5.74) is 2.34. The van der Waals surface area contributed by atoms with E-state index in [1.807, 2.05) is 31.2 Å². The summed E-state index contributed by atoms with van der Waals surface area (Å²) in [5.74, 6) is 0.643. The molecule has 0 bridgehead atoms. The molecular formula is C15H14N2OS. The van der Waals surface area contributed by atoms with Crippen LogP contribution in [0.2, 0.25) is 0 Å². The maximum Gasteiger partial charge on any atom is 0.239 e. The molecule has 3 rings (SSSR count). The lowest BCUT2D eigenvalue weighted by Gasteiger charge is -2.09. The van der Waals surface area contributed by atoms with Gasteiger partial charge in [-0.25, -0.2) is 4.98 Å². The van der Waals surface area contributed by atoms with Crippen LogP contribution in [-0.2, 0) is 11.2 Å². The minimum absolute atomic E-state index is 0.0255. The zero-order valence-corrected chi connectivity index (χ0v) is 11.4. The van der Waals surface area contributed by atoms with Crippen molar-refractivity contribution in [3.05, 3.63) is 53.7 Å². The third-order valence-corrected chi connectivity index (χ3v) is 4.42. The first-order valence-electron chi connectivity index (χ1n) is 6.20. The Bertz CT molecular complexity index is 585. The zero-order valence-electron chi connectivity index (χ0n) is 10.6. The van der Waals surface area contributed by atoms with Crippen LogP contribution < -0.4 is 5.32 Å². The number of thioether (sulfide) groups is 1. The Labute approximate surface area is 116 Å². The molecule has 19 heavy (non-hydrogen) atoms. The molecule has 0 spiro atoms. The molecule has 4 heteroatoms. The number of fused-ring (bicyclic) bond motifs is 1. The summed E-state index contributed by atoms with van der Waals surface area (Å²) in [7, 11) is 0. The Hall–Kier alpha value is -1.81. The van der Waals surface area contributed by atoms with Gasteiger partial charge in [0.15, 0.2) is 0 Å². The van der Waals surface area contributed by atoms with Gasteiger partial charge >= 0.3 is 0 Å². The molecule has 0 radical (unpaired) electrons. The highest BCUT2D eigenvalue weighted by Gasteiger charge is 2.28. The van der Waals surface area contributed by atoms with E-state index in [9.17, 15) is 4.79 Å². The number of amides is 1. The number of hydrogen-bond acceptors (Lipinski definition) is 3. The van der Waals surface area contributed by atoms with Gasteiger partial charge in [-0.3, -0.25) is 4.79 Å². The maximum absolute atomic E-state index is 12.2. The number of nitrogens with one attached hydrogen (secondary N) is 1. The molecular weight excluding hydrogens is 256 g/mol. The number of benzene rings is 1. The average Bonchev–Trinajstić information content (AvgIpc) is 2.85. The predicted octanol–water partition coefficient (Wildman–Crippen LogP) is 3.05. The fourth-order valence-electron chi connectivity index (χ4n) is 2.08. The monoisotopic (exact) mass is 270 g/mol. The topological polar surface area (TPSA) is 42.0 Å². The normalized spacial score (nSPS) is 17.0. The van der Waals surface area contributed by atoms with E-state index in [1.165, 1.54) is 10.5 Å². The number of hydrogen-bond donors (Lipinski definition) is 1. The van der Waals surface area contributed by atoms with Crippen molar-refractivity contribution in [2.75, 3.05) is 5.32 Å². The number of aryl methyl sites for hydroxylation is 1. The molecule has 1 aliphatic rings. The Balaban J connectivity index is 1.68. The summed E-state index contributed by atoms with van der Waals surface area (Å²) in [6, 6.07) is 11.9. The molecule has 2 aromatic rings. The van der Waals surface area contributed by atoms with Crippen LogP contribution in [0.1, 0.15) is 11.1 Å². The molecule has 0 fully saturated rings. The van der Waals surface area contributed by atoms with Gasteiger partial charge < -0.3 is 5.32 Å². The molecule has 1 unspecified atom stereocenters. The fourth-order valence-corrected chi connectivity index (χ4v) is 3.27. The molecule has 0 aliphatic carbocycles. The highest BCUT2D eigenvalue weighted by Crippen LogP contribution is 2.37. The van der Waals surface area contributed by atoms with Gasteiger partial charge in [-0.05, 0) is 36.6 Å². The minimum Gasteiger partial charge on any atom is -0.310 e. The van der Waals surface area contributed by atoms with Crippen molar-refractivity contribution < 1.29 is 4.79 Å². The first-order chi connectivity index (χ1) is 9.22. The second-order valence-corrected chi connectivity index (χ2v) is 5.87. The van der Waals surface area contributed by atoms with E-state index >= 15 is 0 Å². The predicted molar refractivity (Wildman–Crippen MR) is 77.4 cm³/mol. The smallest absolute Gasteiger partial charge is 0.239 e. The molecule has 2 heterocycles. The standard InChI is InChI=1S/C15H14N2OS/c1-10-6-7-14(16-9-10)17-15(18)13-8-11-4-2-3-5-12(11)19-13/h2-7,9,13H,8H2,1H3,(H,16,17,18). The summed E-state index contributed by atoms with van der Waals surface area (Å²) in [4.78, 5) is 17.6. The van der Waals surface area contributed by atoms with Gasteiger partial charge in [-0.15, -0.1) is 11.8 Å². The fraction of sp³-hybridized carbons (Fsp3) is 0.200. The second-order valence-electron chi connectivity index (χ2n) is 4.63. The molecule has 1 N–H and O–H groups in total. The largest absolute Gasteiger partial charge is 0.310 e. The number of rotatable bonds is 2. The van der Waals surface area contributed by atoms with Gasteiger partial charge in [-0.2, -0.15) is 0 Å². The van der Waals surface area contributed by atoms with E-state index in [-0.39, 0.29) is 11.2 Å². The van der Waals surface area contributed by atoms with Gasteiger partial charge in [0.05, 0.1) is 5.25 Å². The number of anilines is 1. The summed E-state index contributed by atoms with van der Waals surface area (Å²) in [5, 5.41) is 2.82. The molecule has 0 saturated carbocycles. The van der Waals surface area contributed by atoms with Crippen molar-refractivity contribution >= 4 is 23.5 Å². The van der Waals surface area contributed by atoms with E-state index in [1.54, 1.807) is 18.0 Å². The minimum atomic E-state index is -0.0551. The lowest BCUT2D eigenvalue weighted by molar-refractivity contribution is -0.115. The van der Waals surface area contributed by atoms with Crippen molar-refractivity contribution in [3.8, 4) is 0 Å². The van der Waals surface area contributed by atoms with Gasteiger partial charge in [0.1, 0.15) is 5.82 Å². The van der Waals surface area contributed by atoms with Crippen LogP contribution in [0, 0.1) is 6.92 Å². The Morgan fingerprint density at radius 1 is 1.32 bits per heavy atom. The molecule has 1 aromatic heterocycles. The molecule has 3 nitrogen and oxygen atoms in total. The highest BCUT2D eigenvalue weighted by molar-refractivity contribution is 8.01. The van der Waals surface area contributed by atoms with Crippen molar-refractivity contribution in [2.45, 2.75) is 23.5 Å². The molecule has 0 saturated heterocycles. The van der Waals surface area contributed by atoms with Crippen molar-refractivity contribution in [3.63, 3.8) is 0 Å². The zero-order chi connectivity index (χ0) is 13.2. The van der Waals surface area contributed by atoms with Gasteiger partial charge in [0.25, 0.3) is 0 Å². The van der Waals surface area contributed by atoms with Crippen LogP contribution in [0.5, 0.6) is 0 Å². The lowest BCUT2D eigenvalue weighted by atomic mass is 10.1. The maximum atomic E-state index is 12.2. The van der Waals surface area contributed by atoms with E-state index in [4.69, 9.17) is 0 Å². The lowest BCUT2D eigenvalue weighted by Crippen LogP contribution is -2.25. The van der Waals surface area contributed by atoms with E-state index in [2.05, 4.69) is 22.4 Å². The summed E-state index contributed by atoms with van der Waals surface area (Å²) in [6.07, 6.45) is 2.55. The van der Waals surface area contributed by atoms with Gasteiger partial charge in [-0.1, -0.05) is 24.3 Å². The number of pyridine rings is 1. The van der Waals surface area contributed by atoms with Crippen LogP contribution in [0.25, 0.3) is 0 Å². The van der Waals surface area contributed by atoms with Crippen LogP contribution >= 0.6 is 11.8 Å². The number of nitrogens with zero attached hydrogens (tertiary/aromatic N) is 1. The Morgan fingerprint density at radius 2 is 2.16 bits per heavy atom. The molecule has 96 valence electrons. The third kappa shape index (κ3) is 2.63. The van der Waals surface area contributed by atoms with Crippen molar-refractivity contribution in [1.82, 2.24) is 4.98 Å². The number of carbonyl (C=O) groups excluding carboxylic acids is 1. The summed E-state index contributed by atoms with van der Waals surface area (Å²) in [6.45, 7) is 1.97. The van der Waals surface area contributed by atoms with E-state index in [0.717, 1.165) is 12.0 Å². The SMILES string of the molecule is Cc1ccc(NC(=O)C2Cc3ccccc3S2)nc1. The summed E-state index contributed by atoms with van der Waals surface area (Å²) >= 11 is 1.63. The molecule has 1 aromatic carbocycles. The van der Waals surface area contributed by atoms with Gasteiger partial charge in [0.2, 0.25) is 5.91 Å². The second kappa shape index (κ2) is 5.05. The van der Waals surface area contributed by atoms with E-state index < -0.39 is 0 Å². The van der Waals surface area contributed by atoms with E-state index in [0.29, 0.717) is 5.82 Å². The number of aromatic nitrogens is 1. The molecule has 1 amide bonds. The van der Waals surface area contributed by atoms with Crippen LogP contribution in [0.4, 0.5) is 5.82 Å².